The van der Waals surface area contributed by atoms with E-state index < -0.39 is 28.1 Å². The van der Waals surface area contributed by atoms with Crippen molar-refractivity contribution in [2.75, 3.05) is 33.0 Å². The molecular weight excluding hydrogens is 633 g/mol. The number of ether oxygens (including phenoxy) is 2. The number of alkyl halides is 3. The molecule has 1 aromatic heterocycles. The predicted molar refractivity (Wildman–Crippen MR) is 169 cm³/mol. The number of amides is 1. The minimum Gasteiger partial charge on any atom is -0.494 e. The van der Waals surface area contributed by atoms with Crippen molar-refractivity contribution in [3.63, 3.8) is 0 Å². The average molecular weight is 673 g/mol. The topological polar surface area (TPSA) is 103 Å². The summed E-state index contributed by atoms with van der Waals surface area (Å²) in [6.45, 7) is 8.66. The smallest absolute Gasteiger partial charge is 0.416 e. The van der Waals surface area contributed by atoms with Gasteiger partial charge < -0.3 is 14.8 Å². The Kier molecular flexibility index (Phi) is 12.4. The minimum absolute atomic E-state index is 0.0143. The molecular formula is C31H40ClF3N4O5S. The molecule has 0 bridgehead atoms. The maximum Gasteiger partial charge on any atom is 0.416 e. The second-order valence-corrected chi connectivity index (χ2v) is 13.6. The molecule has 45 heavy (non-hydrogen) atoms. The van der Waals surface area contributed by atoms with E-state index in [4.69, 9.17) is 21.1 Å². The van der Waals surface area contributed by atoms with E-state index in [1.54, 1.807) is 25.1 Å². The first kappa shape index (κ1) is 36.3. The van der Waals surface area contributed by atoms with Gasteiger partial charge in [0.05, 0.1) is 41.7 Å². The molecule has 0 aliphatic carbocycles. The number of fused-ring (bicyclic) bond motifs is 1. The van der Waals surface area contributed by atoms with Gasteiger partial charge in [0.15, 0.2) is 0 Å². The summed E-state index contributed by atoms with van der Waals surface area (Å²) in [6, 6.07) is 5.73. The summed E-state index contributed by atoms with van der Waals surface area (Å²) in [6.07, 6.45) is -0.882. The number of nitrogens with one attached hydrogen (secondary N) is 1. The Hall–Kier alpha value is -3.16. The van der Waals surface area contributed by atoms with Crippen LogP contribution in [0.4, 0.5) is 18.0 Å². The zero-order chi connectivity index (χ0) is 33.5. The highest BCUT2D eigenvalue weighted by Gasteiger charge is 2.37. The van der Waals surface area contributed by atoms with Gasteiger partial charge in [0, 0.05) is 34.8 Å². The molecule has 0 spiro atoms. The zero-order valence-corrected chi connectivity index (χ0v) is 27.9. The van der Waals surface area contributed by atoms with Crippen molar-refractivity contribution >= 4 is 39.4 Å². The van der Waals surface area contributed by atoms with Crippen LogP contribution < -0.4 is 15.6 Å². The number of nitrogens with zero attached hydrogens (tertiary/aromatic N) is 3. The van der Waals surface area contributed by atoms with Crippen molar-refractivity contribution in [1.29, 1.82) is 0 Å². The van der Waals surface area contributed by atoms with Gasteiger partial charge in [-0.05, 0) is 76.5 Å². The normalized spacial score (nSPS) is 14.8. The van der Waals surface area contributed by atoms with E-state index >= 15 is 0 Å². The van der Waals surface area contributed by atoms with Gasteiger partial charge in [-0.2, -0.15) is 13.2 Å². The van der Waals surface area contributed by atoms with Crippen LogP contribution in [0.25, 0.3) is 10.9 Å². The van der Waals surface area contributed by atoms with Crippen LogP contribution in [0.5, 0.6) is 5.75 Å². The molecule has 2 aromatic carbocycles. The standard InChI is InChI=1S/C25H27ClF3N3O3S.C6H13NO2/c1-3-36(34)21-8-7-17(26)11-16(21)13-32-15-30-22-18(24(32)33)12-20(25(27,28)29)19(23(22)35-2)14-31-9-5-4-6-10-31;1-6(2,3)9-5(8)7-4/h7-8,11-12,15H,3-6,9-10,13-14H2,1-2H3;1-4H3,(H,7,8). The van der Waals surface area contributed by atoms with Gasteiger partial charge in [0.2, 0.25) is 0 Å². The number of carbonyl (C=O) groups is 1. The Bertz CT molecular complexity index is 1580. The molecule has 14 heteroatoms. The van der Waals surface area contributed by atoms with Gasteiger partial charge in [0.25, 0.3) is 5.56 Å². The summed E-state index contributed by atoms with van der Waals surface area (Å²) in [5.41, 5.74) is -1.33. The highest BCUT2D eigenvalue weighted by molar-refractivity contribution is 7.85. The number of carbonyl (C=O) groups excluding carboxylic acids is 1. The third kappa shape index (κ3) is 9.67. The van der Waals surface area contributed by atoms with Crippen LogP contribution in [0.15, 0.2) is 40.3 Å². The van der Waals surface area contributed by atoms with Gasteiger partial charge in [-0.25, -0.2) is 9.78 Å². The van der Waals surface area contributed by atoms with Crippen LogP contribution in [-0.2, 0) is 34.8 Å². The largest absolute Gasteiger partial charge is 0.494 e. The van der Waals surface area contributed by atoms with Crippen molar-refractivity contribution in [3.8, 4) is 5.75 Å². The van der Waals surface area contributed by atoms with Crippen LogP contribution in [0.3, 0.4) is 0 Å². The molecule has 1 atom stereocenters. The third-order valence-electron chi connectivity index (χ3n) is 6.99. The molecule has 1 aliphatic rings. The molecule has 1 fully saturated rings. The quantitative estimate of drug-likeness (QED) is 0.311. The summed E-state index contributed by atoms with van der Waals surface area (Å²) in [7, 11) is 1.51. The van der Waals surface area contributed by atoms with E-state index in [9.17, 15) is 27.0 Å². The van der Waals surface area contributed by atoms with Crippen molar-refractivity contribution in [3.05, 3.63) is 62.7 Å². The lowest BCUT2D eigenvalue weighted by Crippen LogP contribution is -2.30. The fraction of sp³-hybridized carbons (Fsp3) is 0.516. The molecule has 1 N–H and O–H groups in total. The Morgan fingerprint density at radius 1 is 1.11 bits per heavy atom. The molecule has 1 unspecified atom stereocenters. The molecule has 3 aromatic rings. The number of alkyl carbamates (subject to hydrolysis) is 1. The lowest BCUT2D eigenvalue weighted by atomic mass is 10.0. The molecule has 1 saturated heterocycles. The van der Waals surface area contributed by atoms with Crippen molar-refractivity contribution in [2.24, 2.45) is 0 Å². The average Bonchev–Trinajstić information content (AvgIpc) is 2.97. The van der Waals surface area contributed by atoms with Crippen LogP contribution in [0, 0.1) is 0 Å². The lowest BCUT2D eigenvalue weighted by Gasteiger charge is -2.28. The first-order valence-electron chi connectivity index (χ1n) is 14.6. The van der Waals surface area contributed by atoms with E-state index in [2.05, 4.69) is 10.3 Å². The minimum atomic E-state index is -4.68. The van der Waals surface area contributed by atoms with Crippen LogP contribution >= 0.6 is 11.6 Å². The highest BCUT2D eigenvalue weighted by Crippen LogP contribution is 2.40. The number of methoxy groups -OCH3 is 1. The second kappa shape index (κ2) is 15.4. The van der Waals surface area contributed by atoms with Gasteiger partial charge in [-0.3, -0.25) is 18.5 Å². The monoisotopic (exact) mass is 672 g/mol. The zero-order valence-electron chi connectivity index (χ0n) is 26.3. The van der Waals surface area contributed by atoms with Crippen LogP contribution in [0.2, 0.25) is 5.02 Å². The van der Waals surface area contributed by atoms with Crippen molar-refractivity contribution in [2.45, 2.75) is 76.7 Å². The summed E-state index contributed by atoms with van der Waals surface area (Å²) in [4.78, 5) is 30.7. The van der Waals surface area contributed by atoms with E-state index in [-0.39, 0.29) is 47.0 Å². The lowest BCUT2D eigenvalue weighted by molar-refractivity contribution is -0.138. The molecule has 2 heterocycles. The molecule has 248 valence electrons. The molecule has 0 saturated carbocycles. The molecule has 4 rings (SSSR count). The first-order chi connectivity index (χ1) is 21.1. The van der Waals surface area contributed by atoms with E-state index in [1.807, 2.05) is 25.7 Å². The van der Waals surface area contributed by atoms with Crippen molar-refractivity contribution < 1.29 is 31.6 Å². The number of rotatable bonds is 7. The second-order valence-electron chi connectivity index (χ2n) is 11.5. The number of hydrogen-bond donors (Lipinski definition) is 1. The summed E-state index contributed by atoms with van der Waals surface area (Å²) in [5.74, 6) is 0.330. The Labute approximate surface area is 268 Å². The summed E-state index contributed by atoms with van der Waals surface area (Å²) < 4.78 is 66.6. The van der Waals surface area contributed by atoms with Crippen LogP contribution in [-0.4, -0.2) is 63.4 Å². The Balaban J connectivity index is 0.000000535. The molecule has 1 amide bonds. The van der Waals surface area contributed by atoms with Gasteiger partial charge in [-0.1, -0.05) is 24.9 Å². The SMILES string of the molecule is CCS(=O)c1ccc(Cl)cc1Cn1cnc2c(OC)c(CN3CCCCC3)c(C(F)(F)F)cc2c1=O.CNC(=O)OC(C)(C)C. The summed E-state index contributed by atoms with van der Waals surface area (Å²) >= 11 is 6.13. The highest BCUT2D eigenvalue weighted by atomic mass is 35.5. The number of piperidine rings is 1. The number of hydrogen-bond acceptors (Lipinski definition) is 7. The summed E-state index contributed by atoms with van der Waals surface area (Å²) in [5, 5.41) is 2.57. The fourth-order valence-corrected chi connectivity index (χ4v) is 6.10. The fourth-order valence-electron chi connectivity index (χ4n) is 4.96. The molecule has 9 nitrogen and oxygen atoms in total. The Morgan fingerprint density at radius 3 is 2.31 bits per heavy atom. The predicted octanol–water partition coefficient (Wildman–Crippen LogP) is 6.38. The van der Waals surface area contributed by atoms with Gasteiger partial charge in [0.1, 0.15) is 16.9 Å². The molecule has 1 aliphatic heterocycles. The first-order valence-corrected chi connectivity index (χ1v) is 16.2. The number of aromatic nitrogens is 2. The third-order valence-corrected chi connectivity index (χ3v) is 8.64. The number of likely N-dealkylation sites (tertiary alicyclic amines) is 1. The van der Waals surface area contributed by atoms with Gasteiger partial charge >= 0.3 is 12.3 Å². The molecule has 0 radical (unpaired) electrons. The maximum absolute atomic E-state index is 14.2. The van der Waals surface area contributed by atoms with Crippen LogP contribution in [0.1, 0.15) is 63.6 Å². The van der Waals surface area contributed by atoms with Gasteiger partial charge in [-0.15, -0.1) is 0 Å². The van der Waals surface area contributed by atoms with E-state index in [0.717, 1.165) is 25.3 Å². The van der Waals surface area contributed by atoms with E-state index in [1.165, 1.54) is 25.1 Å². The number of benzene rings is 2. The van der Waals surface area contributed by atoms with E-state index in [0.29, 0.717) is 34.3 Å². The Morgan fingerprint density at radius 2 is 1.78 bits per heavy atom. The number of halogens is 4. The van der Waals surface area contributed by atoms with Crippen molar-refractivity contribution in [1.82, 2.24) is 19.8 Å². The maximum atomic E-state index is 14.2.